The second-order valence-electron chi connectivity index (χ2n) is 10.4. The van der Waals surface area contributed by atoms with Gasteiger partial charge < -0.3 is 26.4 Å². The maximum absolute atomic E-state index is 13.5. The molecule has 1 saturated heterocycles. The minimum absolute atomic E-state index is 0.0353. The Labute approximate surface area is 216 Å². The van der Waals surface area contributed by atoms with E-state index >= 15 is 0 Å². The Balaban J connectivity index is 1.72. The molecule has 36 heavy (non-hydrogen) atoms. The number of aryl methyl sites for hydroxylation is 1. The first kappa shape index (κ1) is 27.8. The van der Waals surface area contributed by atoms with Crippen molar-refractivity contribution in [2.75, 3.05) is 13.1 Å². The van der Waals surface area contributed by atoms with Crippen LogP contribution >= 0.6 is 11.3 Å². The third kappa shape index (κ3) is 6.48. The van der Waals surface area contributed by atoms with E-state index in [-0.39, 0.29) is 49.7 Å². The van der Waals surface area contributed by atoms with Crippen molar-refractivity contribution >= 4 is 29.1 Å². The zero-order chi connectivity index (χ0) is 26.6. The Morgan fingerprint density at radius 1 is 1.22 bits per heavy atom. The average Bonchev–Trinajstić information content (AvgIpc) is 3.42. The number of nitrogens with one attached hydrogen (secondary N) is 2. The van der Waals surface area contributed by atoms with Crippen LogP contribution in [0, 0.1) is 12.3 Å². The molecule has 0 saturated carbocycles. The predicted octanol–water partition coefficient (Wildman–Crippen LogP) is 2.14. The fourth-order valence-electron chi connectivity index (χ4n) is 4.38. The Morgan fingerprint density at radius 3 is 2.44 bits per heavy atom. The molecule has 9 nitrogen and oxygen atoms in total. The molecule has 0 bridgehead atoms. The fraction of sp³-hybridized carbons (Fsp3) is 0.538. The molecular formula is C26H37N5O4S. The Bertz CT molecular complexity index is 1080. The van der Waals surface area contributed by atoms with E-state index in [4.69, 9.17) is 5.73 Å². The smallest absolute Gasteiger partial charge is 0.246 e. The molecule has 4 atom stereocenters. The quantitative estimate of drug-likeness (QED) is 0.425. The Hall–Kier alpha value is -2.82. The first-order chi connectivity index (χ1) is 16.9. The van der Waals surface area contributed by atoms with E-state index in [1.54, 1.807) is 11.3 Å². The van der Waals surface area contributed by atoms with Crippen LogP contribution in [0.5, 0.6) is 0 Å². The van der Waals surface area contributed by atoms with Gasteiger partial charge in [-0.15, -0.1) is 11.3 Å². The van der Waals surface area contributed by atoms with Crippen molar-refractivity contribution in [2.45, 2.75) is 71.7 Å². The highest BCUT2D eigenvalue weighted by molar-refractivity contribution is 7.13. The van der Waals surface area contributed by atoms with Gasteiger partial charge in [0.05, 0.1) is 28.2 Å². The van der Waals surface area contributed by atoms with Gasteiger partial charge in [0.15, 0.2) is 0 Å². The summed E-state index contributed by atoms with van der Waals surface area (Å²) in [5.41, 5.74) is 9.67. The lowest BCUT2D eigenvalue weighted by atomic mass is 9.85. The zero-order valence-electron chi connectivity index (χ0n) is 21.6. The monoisotopic (exact) mass is 515 g/mol. The first-order valence-corrected chi connectivity index (χ1v) is 13.1. The lowest BCUT2D eigenvalue weighted by Crippen LogP contribution is -2.58. The summed E-state index contributed by atoms with van der Waals surface area (Å²) in [5.74, 6) is -1.05. The molecule has 0 spiro atoms. The van der Waals surface area contributed by atoms with Gasteiger partial charge in [0.25, 0.3) is 0 Å². The van der Waals surface area contributed by atoms with Crippen molar-refractivity contribution in [2.24, 2.45) is 11.1 Å². The summed E-state index contributed by atoms with van der Waals surface area (Å²) >= 11 is 1.58. The standard InChI is InChI=1S/C26H37N5O4S/c1-15(17-6-8-18(9-7-17)22-16(2)28-14-36-22)29-24(34)20-12-19(32)13-31(20)25(35)23(26(3,4)5)30-21(33)10-11-27/h6-9,14-15,19-20,23,32H,10-13,27H2,1-5H3,(H,29,34)(H,30,33)/t15-,19+,20-,23+/m0/s1. The van der Waals surface area contributed by atoms with E-state index in [9.17, 15) is 19.5 Å². The maximum atomic E-state index is 13.5. The van der Waals surface area contributed by atoms with Crippen molar-refractivity contribution in [3.05, 3.63) is 41.0 Å². The number of carbonyl (C=O) groups is 3. The molecule has 1 aliphatic rings. The number of aliphatic hydroxyl groups excluding tert-OH is 1. The number of likely N-dealkylation sites (tertiary alicyclic amines) is 1. The molecule has 0 unspecified atom stereocenters. The van der Waals surface area contributed by atoms with Gasteiger partial charge in [0.1, 0.15) is 12.1 Å². The van der Waals surface area contributed by atoms with Gasteiger partial charge in [-0.1, -0.05) is 45.0 Å². The molecule has 3 rings (SSSR count). The van der Waals surface area contributed by atoms with Crippen LogP contribution in [0.3, 0.4) is 0 Å². The molecule has 0 aliphatic carbocycles. The molecule has 5 N–H and O–H groups in total. The summed E-state index contributed by atoms with van der Waals surface area (Å²) in [7, 11) is 0. The number of β-amino-alcohol motifs (C(OH)–C–C–N with tert-alkyl or cyclic N) is 1. The van der Waals surface area contributed by atoms with Crippen molar-refractivity contribution in [1.29, 1.82) is 0 Å². The maximum Gasteiger partial charge on any atom is 0.246 e. The minimum Gasteiger partial charge on any atom is -0.391 e. The largest absolute Gasteiger partial charge is 0.391 e. The highest BCUT2D eigenvalue weighted by atomic mass is 32.1. The van der Waals surface area contributed by atoms with E-state index in [2.05, 4.69) is 15.6 Å². The van der Waals surface area contributed by atoms with E-state index < -0.39 is 23.6 Å². The summed E-state index contributed by atoms with van der Waals surface area (Å²) in [6, 6.07) is 5.97. The molecule has 1 fully saturated rings. The van der Waals surface area contributed by atoms with E-state index in [1.165, 1.54) is 4.90 Å². The van der Waals surface area contributed by atoms with Crippen LogP contribution < -0.4 is 16.4 Å². The van der Waals surface area contributed by atoms with Crippen molar-refractivity contribution < 1.29 is 19.5 Å². The zero-order valence-corrected chi connectivity index (χ0v) is 22.4. The van der Waals surface area contributed by atoms with Crippen molar-refractivity contribution in [3.8, 4) is 10.4 Å². The average molecular weight is 516 g/mol. The molecule has 1 aliphatic heterocycles. The van der Waals surface area contributed by atoms with Crippen LogP contribution in [0.2, 0.25) is 0 Å². The topological polar surface area (TPSA) is 138 Å². The molecule has 196 valence electrons. The van der Waals surface area contributed by atoms with Gasteiger partial charge in [0.2, 0.25) is 17.7 Å². The summed E-state index contributed by atoms with van der Waals surface area (Å²) in [5, 5.41) is 16.1. The van der Waals surface area contributed by atoms with Crippen LogP contribution in [0.1, 0.15) is 57.8 Å². The molecule has 2 aromatic rings. The summed E-state index contributed by atoms with van der Waals surface area (Å²) in [6.45, 7) is 9.60. The number of nitrogens with zero attached hydrogens (tertiary/aromatic N) is 2. The number of carbonyl (C=O) groups excluding carboxylic acids is 3. The first-order valence-electron chi connectivity index (χ1n) is 12.2. The van der Waals surface area contributed by atoms with E-state index in [0.29, 0.717) is 0 Å². The van der Waals surface area contributed by atoms with Gasteiger partial charge in [-0.2, -0.15) is 0 Å². The van der Waals surface area contributed by atoms with Crippen LogP contribution in [-0.2, 0) is 14.4 Å². The van der Waals surface area contributed by atoms with Gasteiger partial charge >= 0.3 is 0 Å². The molecule has 1 aromatic heterocycles. The second-order valence-corrected chi connectivity index (χ2v) is 11.3. The van der Waals surface area contributed by atoms with Gasteiger partial charge in [0, 0.05) is 25.9 Å². The Kier molecular flexibility index (Phi) is 8.86. The van der Waals surface area contributed by atoms with Crippen LogP contribution in [0.15, 0.2) is 29.8 Å². The SMILES string of the molecule is Cc1ncsc1-c1ccc([C@H](C)NC(=O)[C@@H]2C[C@@H](O)CN2C(=O)[C@@H](NC(=O)CCN)C(C)(C)C)cc1. The summed E-state index contributed by atoms with van der Waals surface area (Å²) in [4.78, 5) is 45.8. The highest BCUT2D eigenvalue weighted by Gasteiger charge is 2.44. The number of aromatic nitrogens is 1. The van der Waals surface area contributed by atoms with Gasteiger partial charge in [-0.05, 0) is 30.4 Å². The number of amides is 3. The van der Waals surface area contributed by atoms with Crippen molar-refractivity contribution in [3.63, 3.8) is 0 Å². The van der Waals surface area contributed by atoms with E-state index in [1.807, 2.05) is 64.4 Å². The van der Waals surface area contributed by atoms with Gasteiger partial charge in [-0.3, -0.25) is 14.4 Å². The van der Waals surface area contributed by atoms with Crippen LogP contribution in [0.4, 0.5) is 0 Å². The molecule has 1 aromatic carbocycles. The summed E-state index contributed by atoms with van der Waals surface area (Å²) < 4.78 is 0. The molecule has 2 heterocycles. The number of thiazole rings is 1. The molecule has 10 heteroatoms. The number of rotatable bonds is 8. The van der Waals surface area contributed by atoms with E-state index in [0.717, 1.165) is 21.7 Å². The molecule has 3 amide bonds. The van der Waals surface area contributed by atoms with Crippen LogP contribution in [-0.4, -0.2) is 64.0 Å². The highest BCUT2D eigenvalue weighted by Crippen LogP contribution is 2.29. The van der Waals surface area contributed by atoms with Crippen LogP contribution in [0.25, 0.3) is 10.4 Å². The number of nitrogens with two attached hydrogens (primary N) is 1. The normalized spacial score (nSPS) is 19.6. The molecular weight excluding hydrogens is 478 g/mol. The second kappa shape index (κ2) is 11.5. The van der Waals surface area contributed by atoms with Gasteiger partial charge in [-0.25, -0.2) is 4.98 Å². The lowest BCUT2D eigenvalue weighted by Gasteiger charge is -2.35. The number of hydrogen-bond acceptors (Lipinski definition) is 7. The molecule has 0 radical (unpaired) electrons. The predicted molar refractivity (Wildman–Crippen MR) is 140 cm³/mol. The summed E-state index contributed by atoms with van der Waals surface area (Å²) in [6.07, 6.45) is -0.574. The third-order valence-electron chi connectivity index (χ3n) is 6.43. The lowest BCUT2D eigenvalue weighted by molar-refractivity contribution is -0.144. The minimum atomic E-state index is -0.850. The van der Waals surface area contributed by atoms with Crippen molar-refractivity contribution in [1.82, 2.24) is 20.5 Å². The Morgan fingerprint density at radius 2 is 1.89 bits per heavy atom. The fourth-order valence-corrected chi connectivity index (χ4v) is 5.19. The number of aliphatic hydroxyl groups is 1. The number of benzene rings is 1. The number of hydrogen-bond donors (Lipinski definition) is 4. The third-order valence-corrected chi connectivity index (χ3v) is 7.41.